The fourth-order valence-electron chi connectivity index (χ4n) is 4.34. The number of ether oxygens (including phenoxy) is 1. The van der Waals surface area contributed by atoms with E-state index in [1.807, 2.05) is 6.07 Å². The summed E-state index contributed by atoms with van der Waals surface area (Å²) in [6.45, 7) is 2.00. The molecule has 1 heterocycles. The quantitative estimate of drug-likeness (QED) is 0.691. The zero-order valence-corrected chi connectivity index (χ0v) is 17.2. The number of amides is 1. The molecule has 2 aliphatic rings. The molecular formula is C23H28N2O2S. The Morgan fingerprint density at radius 2 is 2.18 bits per heavy atom. The molecule has 1 amide bonds. The summed E-state index contributed by atoms with van der Waals surface area (Å²) in [4.78, 5) is 12.9. The second-order valence-corrected chi connectivity index (χ2v) is 8.55. The Morgan fingerprint density at radius 1 is 1.25 bits per heavy atom. The summed E-state index contributed by atoms with van der Waals surface area (Å²) in [5.74, 6) is 2.39. The number of hydrogen-bond acceptors (Lipinski definition) is 4. The van der Waals surface area contributed by atoms with Gasteiger partial charge in [-0.05, 0) is 86.0 Å². The van der Waals surface area contributed by atoms with Gasteiger partial charge in [0.15, 0.2) is 0 Å². The lowest BCUT2D eigenvalue weighted by Crippen LogP contribution is -2.27. The Kier molecular flexibility index (Phi) is 6.23. The van der Waals surface area contributed by atoms with Crippen molar-refractivity contribution < 1.29 is 9.53 Å². The van der Waals surface area contributed by atoms with Crippen molar-refractivity contribution in [1.29, 1.82) is 0 Å². The average molecular weight is 397 g/mol. The largest absolute Gasteiger partial charge is 0.496 e. The second-order valence-electron chi connectivity index (χ2n) is 7.53. The number of hydrogen-bond donors (Lipinski definition) is 2. The molecule has 4 rings (SSSR count). The zero-order valence-electron chi connectivity index (χ0n) is 16.4. The number of carbonyl (C=O) groups excluding carboxylic acids is 1. The van der Waals surface area contributed by atoms with E-state index >= 15 is 0 Å². The molecular weight excluding hydrogens is 368 g/mol. The maximum atomic E-state index is 11.8. The van der Waals surface area contributed by atoms with E-state index in [0.29, 0.717) is 11.8 Å². The number of nitrogens with one attached hydrogen (secondary N) is 2. The molecule has 0 fully saturated rings. The van der Waals surface area contributed by atoms with Crippen LogP contribution in [0.1, 0.15) is 52.2 Å². The van der Waals surface area contributed by atoms with Crippen molar-refractivity contribution in [3.05, 3.63) is 58.7 Å². The molecule has 2 aromatic rings. The zero-order chi connectivity index (χ0) is 19.3. The first-order valence-electron chi connectivity index (χ1n) is 10.2. The van der Waals surface area contributed by atoms with Gasteiger partial charge in [-0.2, -0.15) is 0 Å². The van der Waals surface area contributed by atoms with Crippen LogP contribution in [-0.4, -0.2) is 32.0 Å². The van der Waals surface area contributed by atoms with Gasteiger partial charge in [0, 0.05) is 4.90 Å². The molecule has 5 heteroatoms. The lowest BCUT2D eigenvalue weighted by molar-refractivity contribution is 0.0955. The number of thioether (sulfide) groups is 1. The van der Waals surface area contributed by atoms with Crippen molar-refractivity contribution in [2.75, 3.05) is 26.1 Å². The van der Waals surface area contributed by atoms with Gasteiger partial charge in [-0.25, -0.2) is 0 Å². The van der Waals surface area contributed by atoms with Crippen molar-refractivity contribution >= 4 is 17.7 Å². The number of fused-ring (bicyclic) bond motifs is 2. The molecule has 0 bridgehead atoms. The van der Waals surface area contributed by atoms with Gasteiger partial charge < -0.3 is 15.4 Å². The predicted octanol–water partition coefficient (Wildman–Crippen LogP) is 4.13. The average Bonchev–Trinajstić information content (AvgIpc) is 2.73. The Hall–Kier alpha value is -1.98. The van der Waals surface area contributed by atoms with Gasteiger partial charge >= 0.3 is 0 Å². The van der Waals surface area contributed by atoms with Crippen LogP contribution in [0.25, 0.3) is 0 Å². The van der Waals surface area contributed by atoms with Gasteiger partial charge in [-0.15, -0.1) is 11.8 Å². The maximum Gasteiger partial charge on any atom is 0.253 e. The third kappa shape index (κ3) is 4.20. The molecule has 1 aliphatic heterocycles. The summed E-state index contributed by atoms with van der Waals surface area (Å²) in [7, 11) is 1.77. The van der Waals surface area contributed by atoms with Crippen molar-refractivity contribution in [2.24, 2.45) is 0 Å². The molecule has 148 valence electrons. The molecule has 2 aromatic carbocycles. The van der Waals surface area contributed by atoms with Crippen LogP contribution in [0, 0.1) is 0 Å². The summed E-state index contributed by atoms with van der Waals surface area (Å²) in [5.41, 5.74) is 5.00. The molecule has 0 saturated heterocycles. The van der Waals surface area contributed by atoms with Crippen LogP contribution >= 0.6 is 11.8 Å². The Bertz CT molecular complexity index is 852. The van der Waals surface area contributed by atoms with Crippen molar-refractivity contribution in [2.45, 2.75) is 42.9 Å². The number of methoxy groups -OCH3 is 1. The van der Waals surface area contributed by atoms with Crippen LogP contribution in [0.2, 0.25) is 0 Å². The summed E-state index contributed by atoms with van der Waals surface area (Å²) in [5, 5.41) is 6.48. The lowest BCUT2D eigenvalue weighted by Gasteiger charge is -2.27. The van der Waals surface area contributed by atoms with Gasteiger partial charge in [-0.3, -0.25) is 4.79 Å². The van der Waals surface area contributed by atoms with Crippen molar-refractivity contribution in [3.63, 3.8) is 0 Å². The monoisotopic (exact) mass is 396 g/mol. The van der Waals surface area contributed by atoms with E-state index in [9.17, 15) is 4.79 Å². The molecule has 2 N–H and O–H groups in total. The molecule has 1 unspecified atom stereocenters. The maximum absolute atomic E-state index is 11.8. The highest BCUT2D eigenvalue weighted by molar-refractivity contribution is 7.99. The smallest absolute Gasteiger partial charge is 0.253 e. The van der Waals surface area contributed by atoms with Gasteiger partial charge in [-0.1, -0.05) is 18.2 Å². The van der Waals surface area contributed by atoms with E-state index < -0.39 is 0 Å². The van der Waals surface area contributed by atoms with Gasteiger partial charge in [0.25, 0.3) is 5.91 Å². The first kappa shape index (κ1) is 19.3. The predicted molar refractivity (Wildman–Crippen MR) is 114 cm³/mol. The minimum absolute atomic E-state index is 0.0443. The molecule has 1 aliphatic carbocycles. The van der Waals surface area contributed by atoms with Gasteiger partial charge in [0.05, 0.1) is 18.6 Å². The van der Waals surface area contributed by atoms with E-state index in [0.717, 1.165) is 42.1 Å². The van der Waals surface area contributed by atoms with Gasteiger partial charge in [0.1, 0.15) is 5.75 Å². The fourth-order valence-corrected chi connectivity index (χ4v) is 5.25. The Morgan fingerprint density at radius 3 is 3.07 bits per heavy atom. The molecule has 0 saturated carbocycles. The summed E-state index contributed by atoms with van der Waals surface area (Å²) in [6, 6.07) is 12.7. The van der Waals surface area contributed by atoms with E-state index in [1.54, 1.807) is 18.9 Å². The van der Waals surface area contributed by atoms with E-state index in [-0.39, 0.29) is 5.91 Å². The highest BCUT2D eigenvalue weighted by Crippen LogP contribution is 2.38. The minimum Gasteiger partial charge on any atom is -0.496 e. The SMILES string of the molecule is COc1cccc2c1CCCC2CCNCCc1ccc2c(c1)SCNC2=O. The first-order chi connectivity index (χ1) is 13.8. The minimum atomic E-state index is 0.0443. The second kappa shape index (κ2) is 9.01. The Balaban J connectivity index is 1.27. The summed E-state index contributed by atoms with van der Waals surface area (Å²) < 4.78 is 5.56. The molecule has 1 atom stereocenters. The normalized spacial score (nSPS) is 18.2. The molecule has 0 spiro atoms. The van der Waals surface area contributed by atoms with Crippen molar-refractivity contribution in [1.82, 2.24) is 10.6 Å². The number of rotatable bonds is 7. The molecule has 4 nitrogen and oxygen atoms in total. The van der Waals surface area contributed by atoms with Crippen LogP contribution in [0.3, 0.4) is 0 Å². The first-order valence-corrected chi connectivity index (χ1v) is 11.1. The highest BCUT2D eigenvalue weighted by atomic mass is 32.2. The molecule has 0 radical (unpaired) electrons. The van der Waals surface area contributed by atoms with E-state index in [2.05, 4.69) is 41.0 Å². The lowest BCUT2D eigenvalue weighted by atomic mass is 9.80. The third-order valence-corrected chi connectivity index (χ3v) is 6.76. The van der Waals surface area contributed by atoms with Crippen LogP contribution in [0.15, 0.2) is 41.3 Å². The fraction of sp³-hybridized carbons (Fsp3) is 0.435. The number of benzene rings is 2. The summed E-state index contributed by atoms with van der Waals surface area (Å²) in [6.07, 6.45) is 5.81. The van der Waals surface area contributed by atoms with Gasteiger partial charge in [0.2, 0.25) is 0 Å². The molecule has 28 heavy (non-hydrogen) atoms. The van der Waals surface area contributed by atoms with Crippen molar-refractivity contribution in [3.8, 4) is 5.75 Å². The van der Waals surface area contributed by atoms with Crippen LogP contribution in [0.4, 0.5) is 0 Å². The van der Waals surface area contributed by atoms with E-state index in [4.69, 9.17) is 4.74 Å². The highest BCUT2D eigenvalue weighted by Gasteiger charge is 2.22. The van der Waals surface area contributed by atoms with Crippen LogP contribution in [0.5, 0.6) is 5.75 Å². The number of carbonyl (C=O) groups is 1. The topological polar surface area (TPSA) is 50.4 Å². The third-order valence-electron chi connectivity index (χ3n) is 5.82. The Labute approximate surface area is 171 Å². The van der Waals surface area contributed by atoms with E-state index in [1.165, 1.54) is 36.0 Å². The van der Waals surface area contributed by atoms with Crippen LogP contribution < -0.4 is 15.4 Å². The van der Waals surface area contributed by atoms with Crippen LogP contribution in [-0.2, 0) is 12.8 Å². The molecule has 0 aromatic heterocycles. The summed E-state index contributed by atoms with van der Waals surface area (Å²) >= 11 is 1.70. The standard InChI is InChI=1S/C23H28N2O2S/c1-27-21-7-3-5-18-17(4-2-6-19(18)21)11-13-24-12-10-16-8-9-20-22(14-16)28-15-25-23(20)26/h3,5,7-9,14,17,24H,2,4,6,10-13,15H2,1H3,(H,25,26).